The number of rotatable bonds is 4. The average molecular weight is 232 g/mol. The van der Waals surface area contributed by atoms with Crippen molar-refractivity contribution in [3.05, 3.63) is 17.7 Å². The summed E-state index contributed by atoms with van der Waals surface area (Å²) in [5, 5.41) is 0. The monoisotopic (exact) mass is 231 g/mol. The van der Waals surface area contributed by atoms with Crippen LogP contribution in [0.25, 0.3) is 0 Å². The normalized spacial score (nSPS) is 12.1. The largest absolute Gasteiger partial charge is 0.493 e. The van der Waals surface area contributed by atoms with Gasteiger partial charge in [0.05, 0.1) is 21.3 Å². The molecule has 1 unspecified atom stereocenters. The minimum Gasteiger partial charge on any atom is -0.493 e. The highest BCUT2D eigenvalue weighted by molar-refractivity contribution is 6.20. The summed E-state index contributed by atoms with van der Waals surface area (Å²) < 4.78 is 15.5. The minimum atomic E-state index is -0.598. The molecule has 0 aliphatic rings. The number of hydrogen-bond donors (Lipinski definition) is 1. The molecule has 0 amide bonds. The molecule has 0 bridgehead atoms. The third-order valence-electron chi connectivity index (χ3n) is 2.01. The zero-order valence-corrected chi connectivity index (χ0v) is 9.67. The molecule has 0 aliphatic carbocycles. The number of halogens is 1. The van der Waals surface area contributed by atoms with Crippen molar-refractivity contribution in [3.63, 3.8) is 0 Å². The van der Waals surface area contributed by atoms with Crippen molar-refractivity contribution >= 4 is 11.6 Å². The van der Waals surface area contributed by atoms with E-state index in [0.29, 0.717) is 22.8 Å². The zero-order valence-electron chi connectivity index (χ0n) is 8.91. The Kier molecular flexibility index (Phi) is 4.05. The molecule has 1 aromatic carbocycles. The predicted octanol–water partition coefficient (Wildman–Crippen LogP) is 1.91. The Balaban J connectivity index is 3.29. The van der Waals surface area contributed by atoms with E-state index in [1.807, 2.05) is 0 Å². The van der Waals surface area contributed by atoms with E-state index in [0.717, 1.165) is 0 Å². The number of nitrogens with two attached hydrogens (primary N) is 1. The van der Waals surface area contributed by atoms with Gasteiger partial charge in [-0.1, -0.05) is 0 Å². The quantitative estimate of drug-likeness (QED) is 0.635. The van der Waals surface area contributed by atoms with Crippen LogP contribution in [0.5, 0.6) is 17.2 Å². The fraction of sp³-hybridized carbons (Fsp3) is 0.400. The van der Waals surface area contributed by atoms with Gasteiger partial charge < -0.3 is 19.9 Å². The van der Waals surface area contributed by atoms with E-state index in [1.54, 1.807) is 33.5 Å². The molecule has 1 rings (SSSR count). The van der Waals surface area contributed by atoms with Gasteiger partial charge in [-0.05, 0) is 17.7 Å². The Morgan fingerprint density at radius 3 is 1.80 bits per heavy atom. The van der Waals surface area contributed by atoms with E-state index in [-0.39, 0.29) is 0 Å². The molecule has 0 radical (unpaired) electrons. The highest BCUT2D eigenvalue weighted by Crippen LogP contribution is 2.39. The molecular weight excluding hydrogens is 218 g/mol. The number of alkyl halides is 1. The Morgan fingerprint density at radius 2 is 1.53 bits per heavy atom. The number of hydrogen-bond acceptors (Lipinski definition) is 4. The van der Waals surface area contributed by atoms with Crippen LogP contribution < -0.4 is 19.9 Å². The van der Waals surface area contributed by atoms with Crippen LogP contribution in [-0.4, -0.2) is 21.3 Å². The van der Waals surface area contributed by atoms with Crippen molar-refractivity contribution in [1.82, 2.24) is 0 Å². The van der Waals surface area contributed by atoms with Gasteiger partial charge in [0.15, 0.2) is 11.5 Å². The second kappa shape index (κ2) is 5.09. The highest BCUT2D eigenvalue weighted by atomic mass is 35.5. The molecule has 0 saturated heterocycles. The third-order valence-corrected chi connectivity index (χ3v) is 2.26. The first-order valence-electron chi connectivity index (χ1n) is 4.33. The molecule has 15 heavy (non-hydrogen) atoms. The van der Waals surface area contributed by atoms with Gasteiger partial charge in [-0.25, -0.2) is 0 Å². The van der Waals surface area contributed by atoms with Gasteiger partial charge in [0.2, 0.25) is 5.75 Å². The fourth-order valence-corrected chi connectivity index (χ4v) is 1.39. The van der Waals surface area contributed by atoms with E-state index < -0.39 is 5.50 Å². The second-order valence-electron chi connectivity index (χ2n) is 2.86. The first-order chi connectivity index (χ1) is 7.13. The lowest BCUT2D eigenvalue weighted by Gasteiger charge is -2.14. The maximum Gasteiger partial charge on any atom is 0.203 e. The van der Waals surface area contributed by atoms with Gasteiger partial charge in [0, 0.05) is 0 Å². The van der Waals surface area contributed by atoms with Gasteiger partial charge in [-0.15, -0.1) is 11.6 Å². The molecule has 0 aromatic heterocycles. The maximum atomic E-state index is 5.78. The predicted molar refractivity (Wildman–Crippen MR) is 58.9 cm³/mol. The summed E-state index contributed by atoms with van der Waals surface area (Å²) in [6, 6.07) is 3.44. The van der Waals surface area contributed by atoms with Crippen molar-refractivity contribution < 1.29 is 14.2 Å². The van der Waals surface area contributed by atoms with Crippen LogP contribution in [0.4, 0.5) is 0 Å². The summed E-state index contributed by atoms with van der Waals surface area (Å²) >= 11 is 5.78. The molecule has 1 aromatic rings. The van der Waals surface area contributed by atoms with Crippen LogP contribution in [0.3, 0.4) is 0 Å². The molecule has 4 nitrogen and oxygen atoms in total. The summed E-state index contributed by atoms with van der Waals surface area (Å²) in [6.45, 7) is 0. The van der Waals surface area contributed by atoms with E-state index in [2.05, 4.69) is 0 Å². The van der Waals surface area contributed by atoms with Crippen LogP contribution in [0, 0.1) is 0 Å². The van der Waals surface area contributed by atoms with Crippen molar-refractivity contribution in [1.29, 1.82) is 0 Å². The molecule has 0 aliphatic heterocycles. The molecule has 0 fully saturated rings. The lowest BCUT2D eigenvalue weighted by molar-refractivity contribution is 0.323. The third kappa shape index (κ3) is 2.46. The molecular formula is C10H14ClNO3. The topological polar surface area (TPSA) is 53.7 Å². The fourth-order valence-electron chi connectivity index (χ4n) is 1.26. The van der Waals surface area contributed by atoms with Crippen molar-refractivity contribution in [2.24, 2.45) is 5.73 Å². The molecule has 0 spiro atoms. The van der Waals surface area contributed by atoms with Crippen LogP contribution in [0.2, 0.25) is 0 Å². The van der Waals surface area contributed by atoms with E-state index in [4.69, 9.17) is 31.5 Å². The summed E-state index contributed by atoms with van der Waals surface area (Å²) in [4.78, 5) is 0. The molecule has 0 heterocycles. The first kappa shape index (κ1) is 11.9. The van der Waals surface area contributed by atoms with Gasteiger partial charge >= 0.3 is 0 Å². The number of ether oxygens (including phenoxy) is 3. The minimum absolute atomic E-state index is 0.529. The molecule has 2 N–H and O–H groups in total. The van der Waals surface area contributed by atoms with Crippen molar-refractivity contribution in [2.75, 3.05) is 21.3 Å². The maximum absolute atomic E-state index is 5.78. The van der Waals surface area contributed by atoms with Crippen molar-refractivity contribution in [2.45, 2.75) is 5.50 Å². The zero-order chi connectivity index (χ0) is 11.4. The Hall–Kier alpha value is -1.13. The summed E-state index contributed by atoms with van der Waals surface area (Å²) in [5.41, 5.74) is 5.68. The van der Waals surface area contributed by atoms with Gasteiger partial charge in [0.25, 0.3) is 0 Å². The van der Waals surface area contributed by atoms with E-state index in [1.165, 1.54) is 0 Å². The van der Waals surface area contributed by atoms with Crippen molar-refractivity contribution in [3.8, 4) is 17.2 Å². The van der Waals surface area contributed by atoms with Gasteiger partial charge in [-0.3, -0.25) is 0 Å². The van der Waals surface area contributed by atoms with Crippen LogP contribution >= 0.6 is 11.6 Å². The second-order valence-corrected chi connectivity index (χ2v) is 3.33. The van der Waals surface area contributed by atoms with Crippen LogP contribution in [0.1, 0.15) is 11.1 Å². The summed E-state index contributed by atoms with van der Waals surface area (Å²) in [6.07, 6.45) is 0. The Morgan fingerprint density at radius 1 is 1.07 bits per heavy atom. The standard InChI is InChI=1S/C10H14ClNO3/c1-13-7-4-6(10(11)12)5-8(14-2)9(7)15-3/h4-5,10H,12H2,1-3H3. The van der Waals surface area contributed by atoms with E-state index >= 15 is 0 Å². The SMILES string of the molecule is COc1cc(C(N)Cl)cc(OC)c1OC. The van der Waals surface area contributed by atoms with Crippen LogP contribution in [-0.2, 0) is 0 Å². The van der Waals surface area contributed by atoms with Gasteiger partial charge in [-0.2, -0.15) is 0 Å². The first-order valence-corrected chi connectivity index (χ1v) is 4.77. The highest BCUT2D eigenvalue weighted by Gasteiger charge is 2.15. The molecule has 5 heteroatoms. The van der Waals surface area contributed by atoms with E-state index in [9.17, 15) is 0 Å². The van der Waals surface area contributed by atoms with Gasteiger partial charge in [0.1, 0.15) is 5.50 Å². The lowest BCUT2D eigenvalue weighted by atomic mass is 10.2. The number of methoxy groups -OCH3 is 3. The molecule has 0 saturated carbocycles. The lowest BCUT2D eigenvalue weighted by Crippen LogP contribution is -2.04. The molecule has 84 valence electrons. The molecule has 1 atom stereocenters. The Labute approximate surface area is 93.9 Å². The smallest absolute Gasteiger partial charge is 0.203 e. The summed E-state index contributed by atoms with van der Waals surface area (Å²) in [7, 11) is 4.63. The average Bonchev–Trinajstić information content (AvgIpc) is 2.26. The summed E-state index contributed by atoms with van der Waals surface area (Å²) in [5.74, 6) is 1.62. The number of benzene rings is 1. The van der Waals surface area contributed by atoms with Crippen LogP contribution in [0.15, 0.2) is 12.1 Å². The Bertz CT molecular complexity index is 316.